The average Bonchev–Trinajstić information content (AvgIpc) is 3.10. The smallest absolute Gasteiger partial charge is 0.231 e. The first-order valence-electron chi connectivity index (χ1n) is 6.43. The molecule has 1 fully saturated rings. The zero-order valence-corrected chi connectivity index (χ0v) is 11.4. The molecule has 2 aromatic heterocycles. The number of nitrogens with zero attached hydrogens (tertiary/aromatic N) is 3. The Labute approximate surface area is 115 Å². The first-order chi connectivity index (χ1) is 9.31. The van der Waals surface area contributed by atoms with Crippen molar-refractivity contribution < 1.29 is 9.32 Å². The maximum atomic E-state index is 11.5. The van der Waals surface area contributed by atoms with Gasteiger partial charge in [-0.05, 0) is 17.9 Å². The number of rotatable bonds is 5. The van der Waals surface area contributed by atoms with Gasteiger partial charge in [-0.15, -0.1) is 11.3 Å². The van der Waals surface area contributed by atoms with Crippen LogP contribution >= 0.6 is 11.3 Å². The van der Waals surface area contributed by atoms with Crippen molar-refractivity contribution in [2.24, 2.45) is 0 Å². The normalized spacial score (nSPS) is 15.4. The third kappa shape index (κ3) is 3.01. The van der Waals surface area contributed by atoms with E-state index in [1.165, 1.54) is 4.88 Å². The summed E-state index contributed by atoms with van der Waals surface area (Å²) in [5.74, 6) is 1.57. The molecule has 0 N–H and O–H groups in total. The zero-order valence-electron chi connectivity index (χ0n) is 10.5. The van der Waals surface area contributed by atoms with Gasteiger partial charge in [-0.1, -0.05) is 11.2 Å². The maximum Gasteiger partial charge on any atom is 0.231 e. The molecule has 0 atom stereocenters. The van der Waals surface area contributed by atoms with Gasteiger partial charge in [-0.25, -0.2) is 0 Å². The van der Waals surface area contributed by atoms with Gasteiger partial charge in [0.05, 0.1) is 6.42 Å². The van der Waals surface area contributed by atoms with Gasteiger partial charge in [0, 0.05) is 30.8 Å². The molecule has 0 saturated carbocycles. The van der Waals surface area contributed by atoms with Crippen molar-refractivity contribution in [1.29, 1.82) is 0 Å². The standard InChI is InChI=1S/C13H15N3O2S/c17-13-4-1-6-16(13)7-5-11-14-12(18-15-11)9-10-3-2-8-19-10/h2-3,8H,1,4-7,9H2. The molecule has 1 aliphatic rings. The lowest BCUT2D eigenvalue weighted by Gasteiger charge is -2.13. The molecule has 6 heteroatoms. The lowest BCUT2D eigenvalue weighted by atomic mass is 10.3. The van der Waals surface area contributed by atoms with E-state index in [4.69, 9.17) is 4.52 Å². The first kappa shape index (κ1) is 12.3. The number of carbonyl (C=O) groups excluding carboxylic acids is 1. The van der Waals surface area contributed by atoms with Crippen molar-refractivity contribution in [3.05, 3.63) is 34.1 Å². The van der Waals surface area contributed by atoms with Crippen LogP contribution in [0.15, 0.2) is 22.0 Å². The van der Waals surface area contributed by atoms with Gasteiger partial charge in [0.2, 0.25) is 11.8 Å². The number of aromatic nitrogens is 2. The Hall–Kier alpha value is -1.69. The lowest BCUT2D eigenvalue weighted by molar-refractivity contribution is -0.127. The molecule has 19 heavy (non-hydrogen) atoms. The van der Waals surface area contributed by atoms with Gasteiger partial charge in [0.25, 0.3) is 0 Å². The van der Waals surface area contributed by atoms with E-state index in [9.17, 15) is 4.79 Å². The fraction of sp³-hybridized carbons (Fsp3) is 0.462. The van der Waals surface area contributed by atoms with Crippen LogP contribution in [-0.2, 0) is 17.6 Å². The summed E-state index contributed by atoms with van der Waals surface area (Å²) in [4.78, 5) is 18.9. The molecule has 1 saturated heterocycles. The van der Waals surface area contributed by atoms with Crippen LogP contribution in [0.1, 0.15) is 29.4 Å². The predicted molar refractivity (Wildman–Crippen MR) is 70.9 cm³/mol. The molecule has 2 aromatic rings. The molecule has 5 nitrogen and oxygen atoms in total. The maximum absolute atomic E-state index is 11.5. The van der Waals surface area contributed by atoms with E-state index in [-0.39, 0.29) is 5.91 Å². The van der Waals surface area contributed by atoms with E-state index in [1.807, 2.05) is 16.3 Å². The third-order valence-electron chi connectivity index (χ3n) is 3.19. The molecule has 0 bridgehead atoms. The number of hydrogen-bond acceptors (Lipinski definition) is 5. The number of likely N-dealkylation sites (tertiary alicyclic amines) is 1. The highest BCUT2D eigenvalue weighted by molar-refractivity contribution is 7.09. The first-order valence-corrected chi connectivity index (χ1v) is 7.31. The van der Waals surface area contributed by atoms with Crippen LogP contribution < -0.4 is 0 Å². The molecule has 0 radical (unpaired) electrons. The summed E-state index contributed by atoms with van der Waals surface area (Å²) < 4.78 is 5.22. The van der Waals surface area contributed by atoms with Crippen molar-refractivity contribution in [3.8, 4) is 0 Å². The topological polar surface area (TPSA) is 59.2 Å². The van der Waals surface area contributed by atoms with Crippen molar-refractivity contribution in [3.63, 3.8) is 0 Å². The third-order valence-corrected chi connectivity index (χ3v) is 4.07. The largest absolute Gasteiger partial charge is 0.342 e. The van der Waals surface area contributed by atoms with Gasteiger partial charge in [-0.3, -0.25) is 4.79 Å². The molecule has 3 heterocycles. The van der Waals surface area contributed by atoms with Crippen LogP contribution in [0, 0.1) is 0 Å². The summed E-state index contributed by atoms with van der Waals surface area (Å²) in [6.07, 6.45) is 3.00. The van der Waals surface area contributed by atoms with Gasteiger partial charge < -0.3 is 9.42 Å². The average molecular weight is 277 g/mol. The summed E-state index contributed by atoms with van der Waals surface area (Å²) in [7, 11) is 0. The quantitative estimate of drug-likeness (QED) is 0.837. The van der Waals surface area contributed by atoms with Crippen LogP contribution in [0.4, 0.5) is 0 Å². The second kappa shape index (κ2) is 5.52. The van der Waals surface area contributed by atoms with E-state index in [2.05, 4.69) is 16.2 Å². The summed E-state index contributed by atoms with van der Waals surface area (Å²) in [5, 5.41) is 6.00. The van der Waals surface area contributed by atoms with E-state index in [0.29, 0.717) is 37.5 Å². The van der Waals surface area contributed by atoms with Gasteiger partial charge in [-0.2, -0.15) is 4.98 Å². The van der Waals surface area contributed by atoms with Gasteiger partial charge in [0.1, 0.15) is 0 Å². The fourth-order valence-electron chi connectivity index (χ4n) is 2.20. The van der Waals surface area contributed by atoms with Crippen LogP contribution in [0.3, 0.4) is 0 Å². The molecular formula is C13H15N3O2S. The van der Waals surface area contributed by atoms with Crippen LogP contribution in [0.2, 0.25) is 0 Å². The molecular weight excluding hydrogens is 262 g/mol. The molecule has 1 aliphatic heterocycles. The SMILES string of the molecule is O=C1CCCN1CCc1noc(Cc2cccs2)n1. The second-order valence-electron chi connectivity index (χ2n) is 4.59. The zero-order chi connectivity index (χ0) is 13.1. The van der Waals surface area contributed by atoms with Crippen molar-refractivity contribution in [2.75, 3.05) is 13.1 Å². The Morgan fingerprint density at radius 1 is 1.47 bits per heavy atom. The highest BCUT2D eigenvalue weighted by atomic mass is 32.1. The Balaban J connectivity index is 1.54. The van der Waals surface area contributed by atoms with E-state index in [1.54, 1.807) is 11.3 Å². The van der Waals surface area contributed by atoms with Gasteiger partial charge in [0.15, 0.2) is 5.82 Å². The summed E-state index contributed by atoms with van der Waals surface area (Å²) >= 11 is 1.68. The number of amides is 1. The minimum absolute atomic E-state index is 0.238. The number of thiophene rings is 1. The summed E-state index contributed by atoms with van der Waals surface area (Å²) in [6, 6.07) is 4.06. The second-order valence-corrected chi connectivity index (χ2v) is 5.63. The van der Waals surface area contributed by atoms with Crippen molar-refractivity contribution >= 4 is 17.2 Å². The molecule has 1 amide bonds. The minimum atomic E-state index is 0.238. The lowest BCUT2D eigenvalue weighted by Crippen LogP contribution is -2.27. The molecule has 100 valence electrons. The molecule has 0 aliphatic carbocycles. The van der Waals surface area contributed by atoms with E-state index < -0.39 is 0 Å². The Kier molecular flexibility index (Phi) is 3.59. The Morgan fingerprint density at radius 2 is 2.42 bits per heavy atom. The van der Waals surface area contributed by atoms with Gasteiger partial charge >= 0.3 is 0 Å². The predicted octanol–water partition coefficient (Wildman–Crippen LogP) is 1.89. The molecule has 3 rings (SSSR count). The Morgan fingerprint density at radius 3 is 3.16 bits per heavy atom. The monoisotopic (exact) mass is 277 g/mol. The summed E-state index contributed by atoms with van der Waals surface area (Å²) in [5.41, 5.74) is 0. The highest BCUT2D eigenvalue weighted by Crippen LogP contribution is 2.14. The van der Waals surface area contributed by atoms with Crippen molar-refractivity contribution in [1.82, 2.24) is 15.0 Å². The number of carbonyl (C=O) groups is 1. The Bertz CT molecular complexity index is 550. The minimum Gasteiger partial charge on any atom is -0.342 e. The molecule has 0 unspecified atom stereocenters. The van der Waals surface area contributed by atoms with Crippen molar-refractivity contribution in [2.45, 2.75) is 25.7 Å². The van der Waals surface area contributed by atoms with E-state index >= 15 is 0 Å². The summed E-state index contributed by atoms with van der Waals surface area (Å²) in [6.45, 7) is 1.55. The van der Waals surface area contributed by atoms with Crippen LogP contribution in [0.25, 0.3) is 0 Å². The fourth-order valence-corrected chi connectivity index (χ4v) is 2.90. The van der Waals surface area contributed by atoms with E-state index in [0.717, 1.165) is 13.0 Å². The molecule has 0 spiro atoms. The van der Waals surface area contributed by atoms with Crippen LogP contribution in [-0.4, -0.2) is 34.0 Å². The molecule has 0 aromatic carbocycles. The highest BCUT2D eigenvalue weighted by Gasteiger charge is 2.20. The number of hydrogen-bond donors (Lipinski definition) is 0. The van der Waals surface area contributed by atoms with Crippen LogP contribution in [0.5, 0.6) is 0 Å².